The first-order valence-electron chi connectivity index (χ1n) is 12.0. The van der Waals surface area contributed by atoms with Crippen LogP contribution < -0.4 is 4.74 Å². The molecular formula is C27H33FN2O4. The number of carboxylic acids is 1. The van der Waals surface area contributed by atoms with E-state index < -0.39 is 5.97 Å². The van der Waals surface area contributed by atoms with Gasteiger partial charge in [-0.05, 0) is 81.6 Å². The minimum Gasteiger partial charge on any atom is -0.491 e. The van der Waals surface area contributed by atoms with Gasteiger partial charge >= 0.3 is 5.97 Å². The number of nitrogens with zero attached hydrogens (tertiary/aromatic N) is 2. The van der Waals surface area contributed by atoms with Crippen molar-refractivity contribution in [3.05, 3.63) is 65.1 Å². The maximum atomic E-state index is 14.0. The number of aromatic nitrogens is 1. The number of fused-ring (bicyclic) bond motifs is 1. The van der Waals surface area contributed by atoms with Crippen molar-refractivity contribution in [3.63, 3.8) is 0 Å². The molecule has 0 radical (unpaired) electrons. The molecule has 7 heteroatoms. The third-order valence-electron chi connectivity index (χ3n) is 6.61. The summed E-state index contributed by atoms with van der Waals surface area (Å²) >= 11 is 0. The second-order valence-electron chi connectivity index (χ2n) is 8.91. The number of ether oxygens (including phenoxy) is 2. The van der Waals surface area contributed by atoms with Crippen LogP contribution in [0, 0.1) is 12.7 Å². The third kappa shape index (κ3) is 5.59. The van der Waals surface area contributed by atoms with Gasteiger partial charge in [-0.15, -0.1) is 0 Å². The highest BCUT2D eigenvalue weighted by Gasteiger charge is 2.24. The number of halogens is 1. The Morgan fingerprint density at radius 2 is 1.91 bits per heavy atom. The number of piperidine rings is 1. The number of carboxylic acid groups (broad SMARTS) is 1. The zero-order chi connectivity index (χ0) is 24.1. The van der Waals surface area contributed by atoms with Crippen LogP contribution >= 0.6 is 0 Å². The van der Waals surface area contributed by atoms with E-state index >= 15 is 0 Å². The molecule has 2 heterocycles. The average molecular weight is 469 g/mol. The monoisotopic (exact) mass is 468 g/mol. The molecule has 0 unspecified atom stereocenters. The van der Waals surface area contributed by atoms with Gasteiger partial charge in [-0.1, -0.05) is 11.6 Å². The Bertz CT molecular complexity index is 1140. The zero-order valence-corrected chi connectivity index (χ0v) is 19.9. The van der Waals surface area contributed by atoms with Crippen LogP contribution in [0.25, 0.3) is 10.9 Å². The van der Waals surface area contributed by atoms with Crippen LogP contribution in [0.1, 0.15) is 47.2 Å². The van der Waals surface area contributed by atoms with Gasteiger partial charge < -0.3 is 19.1 Å². The Labute approximate surface area is 199 Å². The van der Waals surface area contributed by atoms with Gasteiger partial charge in [0, 0.05) is 36.8 Å². The molecule has 1 fully saturated rings. The van der Waals surface area contributed by atoms with E-state index in [1.54, 1.807) is 18.2 Å². The van der Waals surface area contributed by atoms with Crippen LogP contribution in [-0.4, -0.2) is 60.0 Å². The van der Waals surface area contributed by atoms with E-state index in [-0.39, 0.29) is 11.4 Å². The standard InChI is InChI=1S/C27H33FN2O4/c1-3-33-14-13-30-18-24(22-17-21(28)5-6-25(22)30)20-8-10-29(11-9-20)12-15-34-26-7-4-19(2)16-23(26)27(31)32/h4-7,16-18,20H,3,8-15H2,1-2H3,(H,31,32). The molecule has 182 valence electrons. The topological polar surface area (TPSA) is 63.9 Å². The number of likely N-dealkylation sites (tertiary alicyclic amines) is 1. The molecule has 6 nitrogen and oxygen atoms in total. The lowest BCUT2D eigenvalue weighted by Gasteiger charge is -2.31. The predicted molar refractivity (Wildman–Crippen MR) is 130 cm³/mol. The van der Waals surface area contributed by atoms with Crippen LogP contribution in [0.4, 0.5) is 4.39 Å². The molecule has 1 aromatic heterocycles. The summed E-state index contributed by atoms with van der Waals surface area (Å²) in [5.41, 5.74) is 3.37. The van der Waals surface area contributed by atoms with Crippen molar-refractivity contribution in [1.82, 2.24) is 9.47 Å². The van der Waals surface area contributed by atoms with E-state index in [0.29, 0.717) is 31.5 Å². The molecule has 0 saturated carbocycles. The summed E-state index contributed by atoms with van der Waals surface area (Å²) in [7, 11) is 0. The highest BCUT2D eigenvalue weighted by Crippen LogP contribution is 2.35. The summed E-state index contributed by atoms with van der Waals surface area (Å²) < 4.78 is 27.6. The zero-order valence-electron chi connectivity index (χ0n) is 19.9. The van der Waals surface area contributed by atoms with E-state index in [9.17, 15) is 14.3 Å². The maximum absolute atomic E-state index is 14.0. The molecule has 4 rings (SSSR count). The van der Waals surface area contributed by atoms with Gasteiger partial charge in [0.15, 0.2) is 0 Å². The first-order chi connectivity index (χ1) is 16.5. The highest BCUT2D eigenvalue weighted by molar-refractivity contribution is 5.91. The van der Waals surface area contributed by atoms with Gasteiger partial charge in [0.05, 0.1) is 6.61 Å². The summed E-state index contributed by atoms with van der Waals surface area (Å²) in [6.07, 6.45) is 4.16. The minimum atomic E-state index is -0.976. The molecule has 0 amide bonds. The highest BCUT2D eigenvalue weighted by atomic mass is 19.1. The van der Waals surface area contributed by atoms with Crippen molar-refractivity contribution in [1.29, 1.82) is 0 Å². The Morgan fingerprint density at radius 3 is 2.65 bits per heavy atom. The van der Waals surface area contributed by atoms with Gasteiger partial charge in [-0.3, -0.25) is 4.90 Å². The molecule has 1 aliphatic rings. The molecule has 1 aliphatic heterocycles. The van der Waals surface area contributed by atoms with E-state index in [1.807, 2.05) is 26.0 Å². The van der Waals surface area contributed by atoms with Gasteiger partial charge in [0.25, 0.3) is 0 Å². The Morgan fingerprint density at radius 1 is 1.12 bits per heavy atom. The molecule has 0 aliphatic carbocycles. The van der Waals surface area contributed by atoms with Gasteiger partial charge in [-0.25, -0.2) is 9.18 Å². The minimum absolute atomic E-state index is 0.201. The number of benzene rings is 2. The quantitative estimate of drug-likeness (QED) is 0.420. The molecule has 2 aromatic carbocycles. The van der Waals surface area contributed by atoms with Crippen LogP contribution in [0.2, 0.25) is 0 Å². The Hall–Kier alpha value is -2.90. The van der Waals surface area contributed by atoms with Crippen LogP contribution in [-0.2, 0) is 11.3 Å². The Balaban J connectivity index is 1.36. The number of aryl methyl sites for hydroxylation is 1. The number of hydrogen-bond acceptors (Lipinski definition) is 4. The summed E-state index contributed by atoms with van der Waals surface area (Å²) in [5, 5.41) is 10.4. The van der Waals surface area contributed by atoms with Crippen molar-refractivity contribution >= 4 is 16.9 Å². The number of hydrogen-bond donors (Lipinski definition) is 1. The largest absolute Gasteiger partial charge is 0.491 e. The van der Waals surface area contributed by atoms with Crippen molar-refractivity contribution in [2.75, 3.05) is 39.5 Å². The lowest BCUT2D eigenvalue weighted by atomic mass is 9.89. The Kier molecular flexibility index (Phi) is 7.85. The summed E-state index contributed by atoms with van der Waals surface area (Å²) in [4.78, 5) is 13.8. The van der Waals surface area contributed by atoms with E-state index in [1.165, 1.54) is 11.6 Å². The fourth-order valence-electron chi connectivity index (χ4n) is 4.80. The fraction of sp³-hybridized carbons (Fsp3) is 0.444. The predicted octanol–water partition coefficient (Wildman–Crippen LogP) is 5.08. The first kappa shape index (κ1) is 24.2. The number of aromatic carboxylic acids is 1. The van der Waals surface area contributed by atoms with E-state index in [2.05, 4.69) is 15.7 Å². The number of rotatable bonds is 10. The second-order valence-corrected chi connectivity index (χ2v) is 8.91. The van der Waals surface area contributed by atoms with Crippen molar-refractivity contribution in [2.45, 2.75) is 39.2 Å². The van der Waals surface area contributed by atoms with Crippen LogP contribution in [0.15, 0.2) is 42.6 Å². The second kappa shape index (κ2) is 11.0. The summed E-state index contributed by atoms with van der Waals surface area (Å²) in [5.74, 6) is -0.389. The SMILES string of the molecule is CCOCCn1cc(C2CCN(CCOc3ccc(C)cc3C(=O)O)CC2)c2cc(F)ccc21. The maximum Gasteiger partial charge on any atom is 0.339 e. The molecule has 3 aromatic rings. The van der Waals surface area contributed by atoms with Gasteiger partial charge in [-0.2, -0.15) is 0 Å². The van der Waals surface area contributed by atoms with Crippen molar-refractivity contribution in [3.8, 4) is 5.75 Å². The van der Waals surface area contributed by atoms with E-state index in [0.717, 1.165) is 55.5 Å². The first-order valence-corrected chi connectivity index (χ1v) is 12.0. The van der Waals surface area contributed by atoms with Gasteiger partial charge in [0.1, 0.15) is 23.7 Å². The molecule has 1 saturated heterocycles. The smallest absolute Gasteiger partial charge is 0.339 e. The summed E-state index contributed by atoms with van der Waals surface area (Å²) in [6, 6.07) is 10.3. The van der Waals surface area contributed by atoms with Crippen LogP contribution in [0.3, 0.4) is 0 Å². The molecule has 0 bridgehead atoms. The number of carbonyl (C=O) groups is 1. The normalized spacial score (nSPS) is 15.1. The van der Waals surface area contributed by atoms with Crippen LogP contribution in [0.5, 0.6) is 5.75 Å². The van der Waals surface area contributed by atoms with Crippen molar-refractivity contribution < 1.29 is 23.8 Å². The molecule has 1 N–H and O–H groups in total. The van der Waals surface area contributed by atoms with E-state index in [4.69, 9.17) is 9.47 Å². The van der Waals surface area contributed by atoms with Crippen molar-refractivity contribution in [2.24, 2.45) is 0 Å². The average Bonchev–Trinajstić information content (AvgIpc) is 3.18. The van der Waals surface area contributed by atoms with Gasteiger partial charge in [0.2, 0.25) is 0 Å². The molecular weight excluding hydrogens is 435 g/mol. The molecule has 0 spiro atoms. The third-order valence-corrected chi connectivity index (χ3v) is 6.61. The lowest BCUT2D eigenvalue weighted by Crippen LogP contribution is -2.35. The summed E-state index contributed by atoms with van der Waals surface area (Å²) in [6.45, 7) is 8.96. The molecule has 34 heavy (non-hydrogen) atoms. The fourth-order valence-corrected chi connectivity index (χ4v) is 4.80. The lowest BCUT2D eigenvalue weighted by molar-refractivity contribution is 0.0691. The molecule has 0 atom stereocenters.